The summed E-state index contributed by atoms with van der Waals surface area (Å²) >= 11 is 0. The Morgan fingerprint density at radius 3 is 2.75 bits per heavy atom. The van der Waals surface area contributed by atoms with Crippen LogP contribution < -0.4 is 10.1 Å². The fraction of sp³-hybridized carbons (Fsp3) is 0.529. The van der Waals surface area contributed by atoms with E-state index in [0.717, 1.165) is 43.7 Å². The first-order valence-corrected chi connectivity index (χ1v) is 8.34. The number of rotatable bonds is 3. The monoisotopic (exact) mass is 331 g/mol. The number of furan rings is 1. The first kappa shape index (κ1) is 15.3. The van der Waals surface area contributed by atoms with E-state index in [1.807, 2.05) is 13.8 Å². The Hall–Kier alpha value is -2.28. The van der Waals surface area contributed by atoms with Gasteiger partial charge in [0.2, 0.25) is 0 Å². The molecular formula is C17H21N3O4. The number of piperidine rings is 3. The van der Waals surface area contributed by atoms with E-state index in [9.17, 15) is 4.79 Å². The average molecular weight is 331 g/mol. The maximum atomic E-state index is 12.1. The number of nitrogens with one attached hydrogen (secondary N) is 1. The Labute approximate surface area is 139 Å². The fourth-order valence-corrected chi connectivity index (χ4v) is 3.74. The van der Waals surface area contributed by atoms with Gasteiger partial charge in [-0.3, -0.25) is 0 Å². The minimum absolute atomic E-state index is 0.164. The summed E-state index contributed by atoms with van der Waals surface area (Å²) in [6.45, 7) is 6.84. The van der Waals surface area contributed by atoms with Crippen molar-refractivity contribution in [3.05, 3.63) is 23.6 Å². The molecule has 1 amide bonds. The summed E-state index contributed by atoms with van der Waals surface area (Å²) in [4.78, 5) is 14.5. The number of aryl methyl sites for hydroxylation is 2. The molecule has 0 saturated carbocycles. The van der Waals surface area contributed by atoms with Crippen molar-refractivity contribution in [1.29, 1.82) is 0 Å². The van der Waals surface area contributed by atoms with Gasteiger partial charge >= 0.3 is 6.09 Å². The van der Waals surface area contributed by atoms with Gasteiger partial charge in [-0.15, -0.1) is 0 Å². The second kappa shape index (κ2) is 5.98. The van der Waals surface area contributed by atoms with Gasteiger partial charge in [-0.05, 0) is 51.8 Å². The number of amides is 1. The molecule has 3 saturated heterocycles. The smallest absolute Gasteiger partial charge is 0.415 e. The van der Waals surface area contributed by atoms with Gasteiger partial charge in [-0.2, -0.15) is 0 Å². The number of carbonyl (C=O) groups excluding carboxylic acids is 1. The summed E-state index contributed by atoms with van der Waals surface area (Å²) in [7, 11) is 0. The lowest BCUT2D eigenvalue weighted by atomic mass is 9.84. The Morgan fingerprint density at radius 2 is 2.12 bits per heavy atom. The van der Waals surface area contributed by atoms with E-state index in [1.54, 1.807) is 12.1 Å². The van der Waals surface area contributed by atoms with Crippen molar-refractivity contribution in [3.8, 4) is 17.3 Å². The molecule has 1 N–H and O–H groups in total. The SMILES string of the molecule is Cc1noc(C)c1-c1ccc(OC(=O)N[C@H]2CN3CCC2CC3)o1. The van der Waals surface area contributed by atoms with Crippen LogP contribution in [-0.2, 0) is 0 Å². The summed E-state index contributed by atoms with van der Waals surface area (Å²) < 4.78 is 16.0. The number of fused-ring (bicyclic) bond motifs is 3. The summed E-state index contributed by atoms with van der Waals surface area (Å²) in [6, 6.07) is 3.55. The fourth-order valence-electron chi connectivity index (χ4n) is 3.74. The van der Waals surface area contributed by atoms with Crippen LogP contribution in [0.25, 0.3) is 11.3 Å². The molecular weight excluding hydrogens is 310 g/mol. The van der Waals surface area contributed by atoms with Crippen LogP contribution in [0.1, 0.15) is 24.3 Å². The Morgan fingerprint density at radius 1 is 1.33 bits per heavy atom. The van der Waals surface area contributed by atoms with Crippen LogP contribution in [0.2, 0.25) is 0 Å². The van der Waals surface area contributed by atoms with Gasteiger partial charge in [-0.1, -0.05) is 5.16 Å². The van der Waals surface area contributed by atoms with E-state index in [2.05, 4.69) is 15.4 Å². The van der Waals surface area contributed by atoms with Crippen LogP contribution >= 0.6 is 0 Å². The number of nitrogens with zero attached hydrogens (tertiary/aromatic N) is 2. The number of aromatic nitrogens is 1. The molecule has 0 aliphatic carbocycles. The van der Waals surface area contributed by atoms with E-state index in [0.29, 0.717) is 17.4 Å². The third kappa shape index (κ3) is 2.80. The molecule has 7 heteroatoms. The van der Waals surface area contributed by atoms with E-state index < -0.39 is 6.09 Å². The van der Waals surface area contributed by atoms with Crippen molar-refractivity contribution >= 4 is 6.09 Å². The van der Waals surface area contributed by atoms with Gasteiger partial charge < -0.3 is 23.9 Å². The molecule has 0 spiro atoms. The van der Waals surface area contributed by atoms with Crippen molar-refractivity contribution in [2.24, 2.45) is 5.92 Å². The number of hydrogen-bond acceptors (Lipinski definition) is 6. The maximum Gasteiger partial charge on any atom is 0.415 e. The third-order valence-electron chi connectivity index (χ3n) is 5.01. The predicted octanol–water partition coefficient (Wildman–Crippen LogP) is 2.73. The van der Waals surface area contributed by atoms with Crippen LogP contribution in [0.15, 0.2) is 21.1 Å². The molecule has 1 atom stereocenters. The summed E-state index contributed by atoms with van der Waals surface area (Å²) in [5.41, 5.74) is 1.53. The van der Waals surface area contributed by atoms with E-state index in [1.165, 1.54) is 0 Å². The Kier molecular flexibility index (Phi) is 3.80. The lowest BCUT2D eigenvalue weighted by molar-refractivity contribution is 0.0715. The first-order valence-electron chi connectivity index (χ1n) is 8.34. The summed E-state index contributed by atoms with van der Waals surface area (Å²) in [5, 5.41) is 6.87. The summed E-state index contributed by atoms with van der Waals surface area (Å²) in [6.07, 6.45) is 1.82. The van der Waals surface area contributed by atoms with Crippen LogP contribution in [0.4, 0.5) is 4.79 Å². The molecule has 2 aromatic heterocycles. The quantitative estimate of drug-likeness (QED) is 0.931. The van der Waals surface area contributed by atoms with Crippen molar-refractivity contribution < 1.29 is 18.5 Å². The number of ether oxygens (including phenoxy) is 1. The van der Waals surface area contributed by atoms with Crippen LogP contribution in [0, 0.1) is 19.8 Å². The largest absolute Gasteiger partial charge is 0.425 e. The molecule has 7 nitrogen and oxygen atoms in total. The Balaban J connectivity index is 1.40. The van der Waals surface area contributed by atoms with Gasteiger partial charge in [0.25, 0.3) is 5.95 Å². The van der Waals surface area contributed by atoms with E-state index in [-0.39, 0.29) is 12.0 Å². The second-order valence-electron chi connectivity index (χ2n) is 6.60. The van der Waals surface area contributed by atoms with Crippen LogP contribution in [0.3, 0.4) is 0 Å². The molecule has 2 bridgehead atoms. The van der Waals surface area contributed by atoms with Gasteiger partial charge in [-0.25, -0.2) is 4.79 Å². The highest BCUT2D eigenvalue weighted by Gasteiger charge is 2.35. The average Bonchev–Trinajstić information content (AvgIpc) is 3.15. The van der Waals surface area contributed by atoms with Crippen molar-refractivity contribution in [2.45, 2.75) is 32.7 Å². The molecule has 0 aromatic carbocycles. The molecule has 128 valence electrons. The van der Waals surface area contributed by atoms with Gasteiger partial charge in [0, 0.05) is 18.7 Å². The lowest BCUT2D eigenvalue weighted by Crippen LogP contribution is -2.57. The predicted molar refractivity (Wildman–Crippen MR) is 85.8 cm³/mol. The Bertz CT molecular complexity index is 723. The van der Waals surface area contributed by atoms with E-state index >= 15 is 0 Å². The summed E-state index contributed by atoms with van der Waals surface area (Å²) in [5.74, 6) is 1.97. The third-order valence-corrected chi connectivity index (χ3v) is 5.01. The minimum atomic E-state index is -0.464. The van der Waals surface area contributed by atoms with Crippen molar-refractivity contribution in [3.63, 3.8) is 0 Å². The molecule has 3 fully saturated rings. The molecule has 5 rings (SSSR count). The maximum absolute atomic E-state index is 12.1. The lowest BCUT2D eigenvalue weighted by Gasteiger charge is -2.44. The molecule has 24 heavy (non-hydrogen) atoms. The van der Waals surface area contributed by atoms with Gasteiger partial charge in [0.15, 0.2) is 0 Å². The second-order valence-corrected chi connectivity index (χ2v) is 6.60. The zero-order valence-electron chi connectivity index (χ0n) is 13.9. The van der Waals surface area contributed by atoms with Gasteiger partial charge in [0.05, 0.1) is 11.3 Å². The van der Waals surface area contributed by atoms with Crippen molar-refractivity contribution in [1.82, 2.24) is 15.4 Å². The standard InChI is InChI=1S/C17H21N3O4/c1-10-16(11(2)24-19-10)14-3-4-15(22-14)23-17(21)18-13-9-20-7-5-12(13)6-8-20/h3-4,12-13H,5-9H2,1-2H3,(H,18,21)/t13-/m0/s1. The molecule has 3 aliphatic heterocycles. The molecule has 2 aromatic rings. The molecule has 0 radical (unpaired) electrons. The number of hydrogen-bond donors (Lipinski definition) is 1. The van der Waals surface area contributed by atoms with Crippen molar-refractivity contribution in [2.75, 3.05) is 19.6 Å². The highest BCUT2D eigenvalue weighted by molar-refractivity contribution is 5.71. The minimum Gasteiger partial charge on any atom is -0.425 e. The molecule has 0 unspecified atom stereocenters. The topological polar surface area (TPSA) is 80.7 Å². The first-order chi connectivity index (χ1) is 11.6. The van der Waals surface area contributed by atoms with E-state index in [4.69, 9.17) is 13.7 Å². The number of carbonyl (C=O) groups is 1. The zero-order chi connectivity index (χ0) is 16.7. The molecule has 5 heterocycles. The highest BCUT2D eigenvalue weighted by atomic mass is 16.6. The molecule has 3 aliphatic rings. The highest BCUT2D eigenvalue weighted by Crippen LogP contribution is 2.31. The van der Waals surface area contributed by atoms with Crippen LogP contribution in [-0.4, -0.2) is 41.8 Å². The van der Waals surface area contributed by atoms with Crippen LogP contribution in [0.5, 0.6) is 5.95 Å². The van der Waals surface area contributed by atoms with Gasteiger partial charge in [0.1, 0.15) is 11.5 Å². The normalized spacial score (nSPS) is 25.7. The zero-order valence-corrected chi connectivity index (χ0v) is 13.9.